The van der Waals surface area contributed by atoms with E-state index in [2.05, 4.69) is 26.8 Å². The number of hydrogen-bond acceptors (Lipinski definition) is 4. The minimum atomic E-state index is -0.486. The maximum atomic E-state index is 12.6. The van der Waals surface area contributed by atoms with Crippen molar-refractivity contribution in [1.29, 1.82) is 0 Å². The molecule has 0 saturated heterocycles. The topological polar surface area (TPSA) is 76.7 Å². The quantitative estimate of drug-likeness (QED) is 0.471. The third-order valence-electron chi connectivity index (χ3n) is 4.35. The van der Waals surface area contributed by atoms with Crippen molar-refractivity contribution in [2.45, 2.75) is 13.3 Å². The van der Waals surface area contributed by atoms with Gasteiger partial charge in [0.05, 0.1) is 12.2 Å². The maximum Gasteiger partial charge on any atom is 0.276 e. The molecule has 160 valence electrons. The van der Waals surface area contributed by atoms with Crippen molar-refractivity contribution >= 4 is 27.7 Å². The van der Waals surface area contributed by atoms with Gasteiger partial charge in [-0.3, -0.25) is 20.4 Å². The minimum Gasteiger partial charge on any atom is -0.492 e. The minimum absolute atomic E-state index is 0.220. The monoisotopic (exact) mass is 482 g/mol. The van der Waals surface area contributed by atoms with Crippen LogP contribution < -0.4 is 20.3 Å². The maximum absolute atomic E-state index is 12.6. The lowest BCUT2D eigenvalue weighted by molar-refractivity contribution is -0.123. The lowest BCUT2D eigenvalue weighted by Gasteiger charge is -2.13. The van der Waals surface area contributed by atoms with Gasteiger partial charge in [-0.15, -0.1) is 0 Å². The second-order valence-electron chi connectivity index (χ2n) is 6.83. The Morgan fingerprint density at radius 2 is 1.71 bits per heavy atom. The van der Waals surface area contributed by atoms with E-state index in [0.29, 0.717) is 30.1 Å². The van der Waals surface area contributed by atoms with Crippen LogP contribution in [0.4, 0.5) is 0 Å². The van der Waals surface area contributed by atoms with Gasteiger partial charge in [-0.05, 0) is 48.4 Å². The zero-order chi connectivity index (χ0) is 22.1. The fraction of sp³-hybridized carbons (Fsp3) is 0.167. The van der Waals surface area contributed by atoms with E-state index in [-0.39, 0.29) is 6.61 Å². The summed E-state index contributed by atoms with van der Waals surface area (Å²) in [7, 11) is 0. The highest BCUT2D eigenvalue weighted by Gasteiger charge is 2.15. The Morgan fingerprint density at radius 1 is 0.903 bits per heavy atom. The molecule has 3 aromatic carbocycles. The molecule has 2 N–H and O–H groups in total. The van der Waals surface area contributed by atoms with Gasteiger partial charge in [-0.2, -0.15) is 0 Å². The molecule has 0 spiro atoms. The predicted octanol–water partition coefficient (Wildman–Crippen LogP) is 4.22. The molecule has 0 aliphatic heterocycles. The molecular formula is C24H23BrN2O4. The summed E-state index contributed by atoms with van der Waals surface area (Å²) in [6.07, 6.45) is 0.713. The molecule has 31 heavy (non-hydrogen) atoms. The van der Waals surface area contributed by atoms with Crippen molar-refractivity contribution < 1.29 is 19.1 Å². The van der Waals surface area contributed by atoms with Gasteiger partial charge in [-0.25, -0.2) is 0 Å². The number of rotatable bonds is 8. The summed E-state index contributed by atoms with van der Waals surface area (Å²) in [5, 5.41) is 0. The number of hydrogen-bond donors (Lipinski definition) is 2. The standard InChI is InChI=1S/C24H23BrN2O4/c1-17-6-5-9-20(14-17)31-16-23(28)26-27-24(29)21-15-19(25)10-11-22(21)30-13-12-18-7-3-2-4-8-18/h2-11,14-15H,12-13,16H2,1H3,(H,26,28)(H,27,29). The van der Waals surface area contributed by atoms with Crippen LogP contribution in [0.15, 0.2) is 77.3 Å². The third-order valence-corrected chi connectivity index (χ3v) is 4.85. The summed E-state index contributed by atoms with van der Waals surface area (Å²) < 4.78 is 12.0. The smallest absolute Gasteiger partial charge is 0.276 e. The van der Waals surface area contributed by atoms with Gasteiger partial charge < -0.3 is 9.47 Å². The van der Waals surface area contributed by atoms with Gasteiger partial charge in [0.25, 0.3) is 11.8 Å². The van der Waals surface area contributed by atoms with Gasteiger partial charge in [0.1, 0.15) is 11.5 Å². The fourth-order valence-electron chi connectivity index (χ4n) is 2.81. The van der Waals surface area contributed by atoms with Crippen LogP contribution in [-0.2, 0) is 11.2 Å². The van der Waals surface area contributed by atoms with E-state index in [9.17, 15) is 9.59 Å². The molecule has 0 fully saturated rings. The van der Waals surface area contributed by atoms with Crippen molar-refractivity contribution in [2.75, 3.05) is 13.2 Å². The molecule has 0 saturated carbocycles. The van der Waals surface area contributed by atoms with Crippen LogP contribution in [0.3, 0.4) is 0 Å². The van der Waals surface area contributed by atoms with E-state index in [1.807, 2.05) is 55.5 Å². The zero-order valence-electron chi connectivity index (χ0n) is 17.1. The highest BCUT2D eigenvalue weighted by Crippen LogP contribution is 2.23. The van der Waals surface area contributed by atoms with Crippen LogP contribution >= 0.6 is 15.9 Å². The summed E-state index contributed by atoms with van der Waals surface area (Å²) in [5.74, 6) is 0.0563. The second kappa shape index (κ2) is 11.2. The van der Waals surface area contributed by atoms with Crippen LogP contribution in [0.5, 0.6) is 11.5 Å². The van der Waals surface area contributed by atoms with Gasteiger partial charge in [0.15, 0.2) is 6.61 Å². The van der Waals surface area contributed by atoms with E-state index in [4.69, 9.17) is 9.47 Å². The molecule has 0 aliphatic rings. The zero-order valence-corrected chi connectivity index (χ0v) is 18.6. The summed E-state index contributed by atoms with van der Waals surface area (Å²) in [4.78, 5) is 24.6. The Balaban J connectivity index is 1.52. The molecular weight excluding hydrogens is 460 g/mol. The number of benzene rings is 3. The number of halogens is 1. The number of ether oxygens (including phenoxy) is 2. The number of nitrogens with one attached hydrogen (secondary N) is 2. The Labute approximate surface area is 189 Å². The Kier molecular flexibility index (Phi) is 8.06. The summed E-state index contributed by atoms with van der Waals surface area (Å²) in [5.41, 5.74) is 7.24. The van der Waals surface area contributed by atoms with Crippen molar-refractivity contribution in [2.24, 2.45) is 0 Å². The molecule has 0 aliphatic carbocycles. The third kappa shape index (κ3) is 7.15. The van der Waals surface area contributed by atoms with Crippen LogP contribution in [0, 0.1) is 6.92 Å². The van der Waals surface area contributed by atoms with Crippen LogP contribution in [0.25, 0.3) is 0 Å². The fourth-order valence-corrected chi connectivity index (χ4v) is 3.17. The Bertz CT molecular complexity index is 1040. The predicted molar refractivity (Wildman–Crippen MR) is 122 cm³/mol. The van der Waals surface area contributed by atoms with E-state index >= 15 is 0 Å². The highest BCUT2D eigenvalue weighted by atomic mass is 79.9. The molecule has 0 aromatic heterocycles. The molecule has 2 amide bonds. The van der Waals surface area contributed by atoms with Crippen LogP contribution in [-0.4, -0.2) is 25.0 Å². The van der Waals surface area contributed by atoms with Crippen LogP contribution in [0.1, 0.15) is 21.5 Å². The molecule has 3 aromatic rings. The van der Waals surface area contributed by atoms with E-state index in [0.717, 1.165) is 15.6 Å². The first kappa shape index (κ1) is 22.4. The lowest BCUT2D eigenvalue weighted by Crippen LogP contribution is -2.44. The largest absolute Gasteiger partial charge is 0.492 e. The Morgan fingerprint density at radius 3 is 2.48 bits per heavy atom. The lowest BCUT2D eigenvalue weighted by atomic mass is 10.1. The highest BCUT2D eigenvalue weighted by molar-refractivity contribution is 9.10. The molecule has 0 radical (unpaired) electrons. The molecule has 7 heteroatoms. The molecule has 0 atom stereocenters. The molecule has 3 rings (SSSR count). The van der Waals surface area contributed by atoms with E-state index in [1.165, 1.54) is 0 Å². The van der Waals surface area contributed by atoms with Gasteiger partial charge in [0, 0.05) is 10.9 Å². The van der Waals surface area contributed by atoms with Crippen molar-refractivity contribution in [3.8, 4) is 11.5 Å². The van der Waals surface area contributed by atoms with Gasteiger partial charge in [-0.1, -0.05) is 58.4 Å². The molecule has 0 unspecified atom stereocenters. The van der Waals surface area contributed by atoms with Crippen LogP contribution in [0.2, 0.25) is 0 Å². The summed E-state index contributed by atoms with van der Waals surface area (Å²) in [6.45, 7) is 2.13. The normalized spacial score (nSPS) is 10.3. The van der Waals surface area contributed by atoms with Crippen molar-refractivity contribution in [3.05, 3.63) is 94.0 Å². The first-order valence-electron chi connectivity index (χ1n) is 9.76. The number of hydrazine groups is 1. The Hall–Kier alpha value is -3.32. The number of carbonyl (C=O) groups is 2. The second-order valence-corrected chi connectivity index (χ2v) is 7.75. The first-order valence-corrected chi connectivity index (χ1v) is 10.6. The molecule has 6 nitrogen and oxygen atoms in total. The van der Waals surface area contributed by atoms with Crippen molar-refractivity contribution in [1.82, 2.24) is 10.9 Å². The van der Waals surface area contributed by atoms with Gasteiger partial charge >= 0.3 is 0 Å². The SMILES string of the molecule is Cc1cccc(OCC(=O)NNC(=O)c2cc(Br)ccc2OCCc2ccccc2)c1. The van der Waals surface area contributed by atoms with Crippen molar-refractivity contribution in [3.63, 3.8) is 0 Å². The summed E-state index contributed by atoms with van der Waals surface area (Å²) in [6, 6.07) is 22.5. The first-order chi connectivity index (χ1) is 15.0. The average molecular weight is 483 g/mol. The number of amides is 2. The van der Waals surface area contributed by atoms with E-state index in [1.54, 1.807) is 24.3 Å². The van der Waals surface area contributed by atoms with Gasteiger partial charge in [0.2, 0.25) is 0 Å². The number of carbonyl (C=O) groups excluding carboxylic acids is 2. The molecule has 0 heterocycles. The number of aryl methyl sites for hydroxylation is 1. The van der Waals surface area contributed by atoms with E-state index < -0.39 is 11.8 Å². The average Bonchev–Trinajstić information content (AvgIpc) is 2.78. The summed E-state index contributed by atoms with van der Waals surface area (Å²) >= 11 is 3.36. The molecule has 0 bridgehead atoms.